The molecule has 1 saturated carbocycles. The second-order valence-corrected chi connectivity index (χ2v) is 8.03. The second kappa shape index (κ2) is 5.85. The minimum atomic E-state index is 0.611. The van der Waals surface area contributed by atoms with Gasteiger partial charge in [0.15, 0.2) is 0 Å². The van der Waals surface area contributed by atoms with E-state index in [4.69, 9.17) is 4.98 Å². The van der Waals surface area contributed by atoms with Crippen LogP contribution in [0.15, 0.2) is 42.5 Å². The molecule has 0 saturated heterocycles. The van der Waals surface area contributed by atoms with Crippen LogP contribution in [-0.4, -0.2) is 15.6 Å². The highest BCUT2D eigenvalue weighted by atomic mass is 15.1. The van der Waals surface area contributed by atoms with Crippen molar-refractivity contribution in [1.29, 1.82) is 0 Å². The number of hydrogen-bond donors (Lipinski definition) is 1. The highest BCUT2D eigenvalue weighted by Gasteiger charge is 2.24. The molecule has 4 aromatic rings. The van der Waals surface area contributed by atoms with Crippen molar-refractivity contribution >= 4 is 27.6 Å². The van der Waals surface area contributed by atoms with Crippen molar-refractivity contribution < 1.29 is 0 Å². The van der Waals surface area contributed by atoms with E-state index in [9.17, 15) is 0 Å². The smallest absolute Gasteiger partial charge is 0.147 e. The third kappa shape index (κ3) is 2.61. The Hall–Kier alpha value is -2.81. The normalized spacial score (nSPS) is 14.2. The Kier molecular flexibility index (Phi) is 3.55. The van der Waals surface area contributed by atoms with Crippen molar-refractivity contribution in [2.24, 2.45) is 0 Å². The summed E-state index contributed by atoms with van der Waals surface area (Å²) in [5, 5.41) is 6.25. The van der Waals surface area contributed by atoms with Crippen LogP contribution in [0.25, 0.3) is 27.6 Å². The number of benzene rings is 2. The van der Waals surface area contributed by atoms with Crippen molar-refractivity contribution in [3.8, 4) is 5.69 Å². The molecule has 0 unspecified atom stereocenters. The Bertz CT molecular complexity index is 1170. The Morgan fingerprint density at radius 2 is 1.67 bits per heavy atom. The molecule has 2 aromatic heterocycles. The first-order valence-electron chi connectivity index (χ1n) is 9.78. The molecule has 0 aliphatic heterocycles. The van der Waals surface area contributed by atoms with Crippen LogP contribution in [0.1, 0.15) is 35.2 Å². The molecule has 1 aliphatic rings. The molecule has 1 N–H and O–H groups in total. The minimum absolute atomic E-state index is 0.611. The number of fused-ring (bicyclic) bond motifs is 3. The maximum Gasteiger partial charge on any atom is 0.147 e. The first kappa shape index (κ1) is 16.4. The van der Waals surface area contributed by atoms with Gasteiger partial charge in [-0.15, -0.1) is 0 Å². The van der Waals surface area contributed by atoms with Crippen molar-refractivity contribution in [3.05, 3.63) is 64.8 Å². The maximum absolute atomic E-state index is 5.01. The molecule has 1 fully saturated rings. The molecular weight excluding hydrogens is 330 g/mol. The number of rotatable bonds is 3. The van der Waals surface area contributed by atoms with Crippen LogP contribution in [0, 0.1) is 27.7 Å². The van der Waals surface area contributed by atoms with E-state index in [0.29, 0.717) is 6.04 Å². The number of para-hydroxylation sites is 1. The Morgan fingerprint density at radius 3 is 2.37 bits per heavy atom. The number of anilines is 1. The molecule has 136 valence electrons. The van der Waals surface area contributed by atoms with Gasteiger partial charge in [-0.1, -0.05) is 35.9 Å². The van der Waals surface area contributed by atoms with E-state index in [0.717, 1.165) is 11.3 Å². The van der Waals surface area contributed by atoms with E-state index >= 15 is 0 Å². The van der Waals surface area contributed by atoms with Crippen LogP contribution in [0.5, 0.6) is 0 Å². The third-order valence-electron chi connectivity index (χ3n) is 5.55. The van der Waals surface area contributed by atoms with Gasteiger partial charge in [0.1, 0.15) is 5.65 Å². The van der Waals surface area contributed by atoms with Crippen LogP contribution in [0.4, 0.5) is 5.69 Å². The van der Waals surface area contributed by atoms with E-state index in [1.807, 2.05) is 0 Å². The number of aryl methyl sites for hydroxylation is 4. The lowest BCUT2D eigenvalue weighted by molar-refractivity contribution is 1.07. The summed E-state index contributed by atoms with van der Waals surface area (Å²) in [4.78, 5) is 5.01. The molecule has 0 radical (unpaired) electrons. The van der Waals surface area contributed by atoms with Crippen molar-refractivity contribution in [1.82, 2.24) is 9.55 Å². The Labute approximate surface area is 160 Å². The fourth-order valence-corrected chi connectivity index (χ4v) is 4.39. The van der Waals surface area contributed by atoms with Crippen molar-refractivity contribution in [2.75, 3.05) is 5.32 Å². The van der Waals surface area contributed by atoms with Gasteiger partial charge in [0, 0.05) is 22.8 Å². The number of nitrogens with zero attached hydrogens (tertiary/aromatic N) is 2. The molecule has 2 heterocycles. The Morgan fingerprint density at radius 1 is 0.963 bits per heavy atom. The topological polar surface area (TPSA) is 29.9 Å². The zero-order valence-corrected chi connectivity index (χ0v) is 16.4. The lowest BCUT2D eigenvalue weighted by Gasteiger charge is -2.15. The third-order valence-corrected chi connectivity index (χ3v) is 5.55. The van der Waals surface area contributed by atoms with E-state index in [-0.39, 0.29) is 0 Å². The van der Waals surface area contributed by atoms with E-state index in [1.54, 1.807) is 0 Å². The van der Waals surface area contributed by atoms with Gasteiger partial charge in [0.05, 0.1) is 16.6 Å². The summed E-state index contributed by atoms with van der Waals surface area (Å²) in [5.74, 6) is 0. The molecule has 0 bridgehead atoms. The zero-order valence-electron chi connectivity index (χ0n) is 16.4. The second-order valence-electron chi connectivity index (χ2n) is 8.03. The van der Waals surface area contributed by atoms with Crippen LogP contribution >= 0.6 is 0 Å². The van der Waals surface area contributed by atoms with Gasteiger partial charge in [-0.25, -0.2) is 4.98 Å². The fraction of sp³-hybridized carbons (Fsp3) is 0.292. The lowest BCUT2D eigenvalue weighted by atomic mass is 10.0. The van der Waals surface area contributed by atoms with Gasteiger partial charge in [-0.2, -0.15) is 0 Å². The summed E-state index contributed by atoms with van der Waals surface area (Å²) < 4.78 is 2.36. The molecule has 27 heavy (non-hydrogen) atoms. The van der Waals surface area contributed by atoms with Gasteiger partial charge in [-0.05, 0) is 63.8 Å². The van der Waals surface area contributed by atoms with E-state index in [1.165, 1.54) is 57.2 Å². The van der Waals surface area contributed by atoms with Crippen LogP contribution in [0.2, 0.25) is 0 Å². The molecular formula is C24H25N3. The predicted molar refractivity (Wildman–Crippen MR) is 114 cm³/mol. The Balaban J connectivity index is 1.93. The summed E-state index contributed by atoms with van der Waals surface area (Å²) in [6.45, 7) is 8.66. The van der Waals surface area contributed by atoms with Crippen LogP contribution in [0.3, 0.4) is 0 Å². The predicted octanol–water partition coefficient (Wildman–Crippen LogP) is 5.99. The van der Waals surface area contributed by atoms with Crippen molar-refractivity contribution in [2.45, 2.75) is 46.6 Å². The summed E-state index contributed by atoms with van der Waals surface area (Å²) in [5.41, 5.74) is 9.67. The van der Waals surface area contributed by atoms with E-state index < -0.39 is 0 Å². The molecule has 0 spiro atoms. The number of pyridine rings is 1. The van der Waals surface area contributed by atoms with Gasteiger partial charge >= 0.3 is 0 Å². The highest BCUT2D eigenvalue weighted by Crippen LogP contribution is 2.39. The lowest BCUT2D eigenvalue weighted by Crippen LogP contribution is -2.05. The summed E-state index contributed by atoms with van der Waals surface area (Å²) >= 11 is 0. The summed E-state index contributed by atoms with van der Waals surface area (Å²) in [6, 6.07) is 16.0. The fourth-order valence-electron chi connectivity index (χ4n) is 4.39. The minimum Gasteiger partial charge on any atom is -0.382 e. The quantitative estimate of drug-likeness (QED) is 0.489. The SMILES string of the molecule is Cc1cc(C)c(-n2c3ccccc3c3c(NC4CC4)cc(C)nc32)c(C)c1. The van der Waals surface area contributed by atoms with Crippen molar-refractivity contribution in [3.63, 3.8) is 0 Å². The molecule has 0 atom stereocenters. The van der Waals surface area contributed by atoms with Gasteiger partial charge in [0.25, 0.3) is 0 Å². The molecule has 2 aromatic carbocycles. The standard InChI is InChI=1S/C24H25N3/c1-14-11-15(2)23(16(3)12-14)27-21-8-6-5-7-19(21)22-20(26-18-9-10-18)13-17(4)25-24(22)27/h5-8,11-13,18H,9-10H2,1-4H3,(H,25,26). The number of aromatic nitrogens is 2. The molecule has 3 nitrogen and oxygen atoms in total. The zero-order chi connectivity index (χ0) is 18.7. The largest absolute Gasteiger partial charge is 0.382 e. The number of hydrogen-bond acceptors (Lipinski definition) is 2. The molecule has 0 amide bonds. The molecule has 3 heteroatoms. The van der Waals surface area contributed by atoms with Gasteiger partial charge in [-0.3, -0.25) is 4.57 Å². The highest BCUT2D eigenvalue weighted by molar-refractivity contribution is 6.14. The number of nitrogens with one attached hydrogen (secondary N) is 1. The molecule has 5 rings (SSSR count). The average molecular weight is 355 g/mol. The first-order chi connectivity index (χ1) is 13.0. The van der Waals surface area contributed by atoms with Crippen LogP contribution in [-0.2, 0) is 0 Å². The van der Waals surface area contributed by atoms with Gasteiger partial charge < -0.3 is 5.32 Å². The first-order valence-corrected chi connectivity index (χ1v) is 9.78. The summed E-state index contributed by atoms with van der Waals surface area (Å²) in [7, 11) is 0. The van der Waals surface area contributed by atoms with E-state index in [2.05, 4.69) is 80.0 Å². The summed E-state index contributed by atoms with van der Waals surface area (Å²) in [6.07, 6.45) is 2.52. The average Bonchev–Trinajstić information content (AvgIpc) is 3.36. The van der Waals surface area contributed by atoms with Gasteiger partial charge in [0.2, 0.25) is 0 Å². The molecule has 1 aliphatic carbocycles. The van der Waals surface area contributed by atoms with Crippen LogP contribution < -0.4 is 5.32 Å². The monoisotopic (exact) mass is 355 g/mol. The maximum atomic E-state index is 5.01.